The minimum Gasteiger partial charge on any atom is -0.497 e. The zero-order valence-electron chi connectivity index (χ0n) is 15.2. The lowest BCUT2D eigenvalue weighted by Crippen LogP contribution is -2.47. The van der Waals surface area contributed by atoms with Crippen molar-refractivity contribution in [2.45, 2.75) is 25.9 Å². The standard InChI is InChI=1S/C20H23FN2O3/c1-14(20(25)22-2)23(13-16-5-4-6-18(11-16)26-3)19(24)12-15-7-9-17(21)10-8-15/h4-11,14H,12-13H2,1-3H3,(H,22,25). The van der Waals surface area contributed by atoms with Gasteiger partial charge in [-0.05, 0) is 42.3 Å². The van der Waals surface area contributed by atoms with Crippen LogP contribution in [0.15, 0.2) is 48.5 Å². The summed E-state index contributed by atoms with van der Waals surface area (Å²) in [6, 6.07) is 12.5. The minimum atomic E-state index is -0.640. The quantitative estimate of drug-likeness (QED) is 0.827. The first-order chi connectivity index (χ1) is 12.4. The first kappa shape index (κ1) is 19.4. The van der Waals surface area contributed by atoms with Gasteiger partial charge in [0.25, 0.3) is 0 Å². The summed E-state index contributed by atoms with van der Waals surface area (Å²) >= 11 is 0. The van der Waals surface area contributed by atoms with Crippen molar-refractivity contribution < 1.29 is 18.7 Å². The van der Waals surface area contributed by atoms with E-state index in [0.717, 1.165) is 5.56 Å². The number of likely N-dealkylation sites (N-methyl/N-ethyl adjacent to an activating group) is 1. The zero-order valence-corrected chi connectivity index (χ0v) is 15.2. The zero-order chi connectivity index (χ0) is 19.1. The van der Waals surface area contributed by atoms with E-state index in [0.29, 0.717) is 11.3 Å². The number of amides is 2. The number of hydrogen-bond acceptors (Lipinski definition) is 3. The second kappa shape index (κ2) is 8.99. The Balaban J connectivity index is 2.22. The molecule has 0 aliphatic carbocycles. The SMILES string of the molecule is CNC(=O)C(C)N(Cc1cccc(OC)c1)C(=O)Cc1ccc(F)cc1. The van der Waals surface area contributed by atoms with E-state index in [4.69, 9.17) is 4.74 Å². The highest BCUT2D eigenvalue weighted by Crippen LogP contribution is 2.17. The molecular weight excluding hydrogens is 335 g/mol. The van der Waals surface area contributed by atoms with Crippen LogP contribution in [0.5, 0.6) is 5.75 Å². The molecule has 1 N–H and O–H groups in total. The fraction of sp³-hybridized carbons (Fsp3) is 0.300. The van der Waals surface area contributed by atoms with E-state index in [2.05, 4.69) is 5.32 Å². The monoisotopic (exact) mass is 358 g/mol. The third kappa shape index (κ3) is 5.05. The molecule has 2 rings (SSSR count). The van der Waals surface area contributed by atoms with Crippen molar-refractivity contribution >= 4 is 11.8 Å². The van der Waals surface area contributed by atoms with Gasteiger partial charge in [-0.15, -0.1) is 0 Å². The number of ether oxygens (including phenoxy) is 1. The van der Waals surface area contributed by atoms with Crippen molar-refractivity contribution in [2.24, 2.45) is 0 Å². The molecule has 0 saturated carbocycles. The van der Waals surface area contributed by atoms with Crippen molar-refractivity contribution in [1.29, 1.82) is 0 Å². The molecule has 6 heteroatoms. The number of methoxy groups -OCH3 is 1. The second-order valence-corrected chi connectivity index (χ2v) is 5.97. The molecular formula is C20H23FN2O3. The summed E-state index contributed by atoms with van der Waals surface area (Å²) in [5.74, 6) is -0.134. The van der Waals surface area contributed by atoms with Crippen LogP contribution in [0.4, 0.5) is 4.39 Å². The highest BCUT2D eigenvalue weighted by molar-refractivity contribution is 5.88. The molecule has 0 aliphatic heterocycles. The van der Waals surface area contributed by atoms with Gasteiger partial charge in [-0.25, -0.2) is 4.39 Å². The molecule has 138 valence electrons. The van der Waals surface area contributed by atoms with E-state index in [1.807, 2.05) is 24.3 Å². The molecule has 2 aromatic carbocycles. The van der Waals surface area contributed by atoms with E-state index in [9.17, 15) is 14.0 Å². The van der Waals surface area contributed by atoms with Crippen LogP contribution in [0.25, 0.3) is 0 Å². The molecule has 26 heavy (non-hydrogen) atoms. The van der Waals surface area contributed by atoms with Gasteiger partial charge >= 0.3 is 0 Å². The summed E-state index contributed by atoms with van der Waals surface area (Å²) in [4.78, 5) is 26.4. The average molecular weight is 358 g/mol. The van der Waals surface area contributed by atoms with Gasteiger partial charge in [0, 0.05) is 13.6 Å². The molecule has 0 aliphatic rings. The number of carbonyl (C=O) groups excluding carboxylic acids is 2. The lowest BCUT2D eigenvalue weighted by Gasteiger charge is -2.28. The molecule has 0 spiro atoms. The highest BCUT2D eigenvalue weighted by atomic mass is 19.1. The number of benzene rings is 2. The Bertz CT molecular complexity index is 762. The van der Waals surface area contributed by atoms with Gasteiger partial charge in [-0.1, -0.05) is 24.3 Å². The van der Waals surface area contributed by atoms with Gasteiger partial charge in [0.05, 0.1) is 13.5 Å². The van der Waals surface area contributed by atoms with E-state index in [-0.39, 0.29) is 30.6 Å². The predicted octanol–water partition coefficient (Wildman–Crippen LogP) is 2.54. The lowest BCUT2D eigenvalue weighted by molar-refractivity contribution is -0.139. The Morgan fingerprint density at radius 2 is 1.85 bits per heavy atom. The van der Waals surface area contributed by atoms with Crippen molar-refractivity contribution in [1.82, 2.24) is 10.2 Å². The number of hydrogen-bond donors (Lipinski definition) is 1. The number of nitrogens with one attached hydrogen (secondary N) is 1. The molecule has 2 amide bonds. The van der Waals surface area contributed by atoms with Gasteiger partial charge in [-0.2, -0.15) is 0 Å². The Morgan fingerprint density at radius 1 is 1.15 bits per heavy atom. The maximum Gasteiger partial charge on any atom is 0.242 e. The summed E-state index contributed by atoms with van der Waals surface area (Å²) in [6.45, 7) is 1.95. The molecule has 1 atom stereocenters. The third-order valence-electron chi connectivity index (χ3n) is 4.17. The molecule has 0 saturated heterocycles. The van der Waals surface area contributed by atoms with Gasteiger partial charge in [0.1, 0.15) is 17.6 Å². The van der Waals surface area contributed by atoms with Crippen molar-refractivity contribution in [3.05, 3.63) is 65.5 Å². The van der Waals surface area contributed by atoms with Gasteiger partial charge in [0.15, 0.2) is 0 Å². The maximum absolute atomic E-state index is 13.1. The smallest absolute Gasteiger partial charge is 0.242 e. The molecule has 5 nitrogen and oxygen atoms in total. The van der Waals surface area contributed by atoms with Crippen LogP contribution in [0.2, 0.25) is 0 Å². The fourth-order valence-electron chi connectivity index (χ4n) is 2.64. The second-order valence-electron chi connectivity index (χ2n) is 5.97. The highest BCUT2D eigenvalue weighted by Gasteiger charge is 2.25. The summed E-state index contributed by atoms with van der Waals surface area (Å²) < 4.78 is 18.3. The normalized spacial score (nSPS) is 11.5. The molecule has 2 aromatic rings. The molecule has 0 fully saturated rings. The summed E-state index contributed by atoms with van der Waals surface area (Å²) in [7, 11) is 3.11. The largest absolute Gasteiger partial charge is 0.497 e. The number of carbonyl (C=O) groups is 2. The fourth-order valence-corrected chi connectivity index (χ4v) is 2.64. The Hall–Kier alpha value is -2.89. The predicted molar refractivity (Wildman–Crippen MR) is 97.2 cm³/mol. The van der Waals surface area contributed by atoms with Crippen LogP contribution in [0, 0.1) is 5.82 Å². The Labute approximate surface area is 152 Å². The van der Waals surface area contributed by atoms with Crippen LogP contribution in [-0.4, -0.2) is 36.9 Å². The summed E-state index contributed by atoms with van der Waals surface area (Å²) in [5, 5.41) is 2.57. The maximum atomic E-state index is 13.1. The van der Waals surface area contributed by atoms with Crippen LogP contribution < -0.4 is 10.1 Å². The third-order valence-corrected chi connectivity index (χ3v) is 4.17. The van der Waals surface area contributed by atoms with E-state index < -0.39 is 6.04 Å². The van der Waals surface area contributed by atoms with Crippen LogP contribution >= 0.6 is 0 Å². The number of rotatable bonds is 7. The van der Waals surface area contributed by atoms with Crippen molar-refractivity contribution in [2.75, 3.05) is 14.2 Å². The van der Waals surface area contributed by atoms with Gasteiger partial charge in [-0.3, -0.25) is 9.59 Å². The van der Waals surface area contributed by atoms with Gasteiger partial charge in [0.2, 0.25) is 11.8 Å². The van der Waals surface area contributed by atoms with E-state index in [1.165, 1.54) is 24.1 Å². The van der Waals surface area contributed by atoms with E-state index in [1.54, 1.807) is 26.2 Å². The number of halogens is 1. The molecule has 0 bridgehead atoms. The molecule has 0 heterocycles. The summed E-state index contributed by atoms with van der Waals surface area (Å²) in [5.41, 5.74) is 1.55. The lowest BCUT2D eigenvalue weighted by atomic mass is 10.1. The number of nitrogens with zero attached hydrogens (tertiary/aromatic N) is 1. The summed E-state index contributed by atoms with van der Waals surface area (Å²) in [6.07, 6.45) is 0.0889. The topological polar surface area (TPSA) is 58.6 Å². The Kier molecular flexibility index (Phi) is 6.72. The molecule has 0 aromatic heterocycles. The van der Waals surface area contributed by atoms with Crippen molar-refractivity contribution in [3.63, 3.8) is 0 Å². The molecule has 0 radical (unpaired) electrons. The Morgan fingerprint density at radius 3 is 2.46 bits per heavy atom. The molecule has 1 unspecified atom stereocenters. The van der Waals surface area contributed by atoms with Gasteiger partial charge < -0.3 is 15.0 Å². The first-order valence-electron chi connectivity index (χ1n) is 8.33. The van der Waals surface area contributed by atoms with E-state index >= 15 is 0 Å². The first-order valence-corrected chi connectivity index (χ1v) is 8.33. The van der Waals surface area contributed by atoms with Crippen LogP contribution in [0.3, 0.4) is 0 Å². The minimum absolute atomic E-state index is 0.0889. The van der Waals surface area contributed by atoms with Crippen LogP contribution in [0.1, 0.15) is 18.1 Å². The van der Waals surface area contributed by atoms with Crippen LogP contribution in [-0.2, 0) is 22.6 Å². The average Bonchev–Trinajstić information content (AvgIpc) is 2.66. The van der Waals surface area contributed by atoms with Crippen molar-refractivity contribution in [3.8, 4) is 5.75 Å².